The molecule has 0 spiro atoms. The second-order valence-electron chi connectivity index (χ2n) is 7.47. The molecule has 4 aromatic rings. The molecule has 0 fully saturated rings. The Kier molecular flexibility index (Phi) is 4.62. The lowest BCUT2D eigenvalue weighted by Crippen LogP contribution is -2.25. The number of pyridine rings is 1. The zero-order chi connectivity index (χ0) is 19.6. The van der Waals surface area contributed by atoms with E-state index in [4.69, 9.17) is 4.74 Å². The normalized spacial score (nSPS) is 14.2. The highest BCUT2D eigenvalue weighted by molar-refractivity contribution is 5.83. The molecule has 3 aromatic carbocycles. The predicted molar refractivity (Wildman–Crippen MR) is 115 cm³/mol. The van der Waals surface area contributed by atoms with Crippen molar-refractivity contribution >= 4 is 10.8 Å². The Morgan fingerprint density at radius 1 is 0.931 bits per heavy atom. The first-order valence-corrected chi connectivity index (χ1v) is 9.85. The van der Waals surface area contributed by atoms with Crippen LogP contribution in [0, 0.1) is 0 Å². The zero-order valence-corrected chi connectivity index (χ0v) is 16.1. The van der Waals surface area contributed by atoms with Crippen molar-refractivity contribution in [3.8, 4) is 22.6 Å². The molecular weight excluding hydrogens is 360 g/mol. The van der Waals surface area contributed by atoms with Gasteiger partial charge in [-0.05, 0) is 46.2 Å². The van der Waals surface area contributed by atoms with Gasteiger partial charge in [-0.3, -0.25) is 9.88 Å². The molecule has 1 aliphatic heterocycles. The molecule has 0 unspecified atom stereocenters. The van der Waals surface area contributed by atoms with Crippen LogP contribution in [0.25, 0.3) is 21.9 Å². The van der Waals surface area contributed by atoms with E-state index in [0.29, 0.717) is 12.4 Å². The van der Waals surface area contributed by atoms with Gasteiger partial charge in [-0.1, -0.05) is 42.5 Å². The van der Waals surface area contributed by atoms with E-state index in [2.05, 4.69) is 58.4 Å². The van der Waals surface area contributed by atoms with Crippen LogP contribution in [0.15, 0.2) is 79.1 Å². The van der Waals surface area contributed by atoms with Crippen LogP contribution in [0.1, 0.15) is 11.1 Å². The molecule has 4 nitrogen and oxygen atoms in total. The third-order valence-corrected chi connectivity index (χ3v) is 5.41. The molecule has 1 aromatic heterocycles. The van der Waals surface area contributed by atoms with Crippen molar-refractivity contribution in [1.29, 1.82) is 0 Å². The maximum atomic E-state index is 10.6. The zero-order valence-electron chi connectivity index (χ0n) is 16.1. The van der Waals surface area contributed by atoms with E-state index < -0.39 is 0 Å². The van der Waals surface area contributed by atoms with Crippen LogP contribution in [0.5, 0.6) is 11.5 Å². The van der Waals surface area contributed by atoms with E-state index in [1.54, 1.807) is 12.3 Å². The average molecular weight is 382 g/mol. The Labute approximate surface area is 170 Å². The standard InChI is InChI=1S/C25H22N2O2/c28-24-14-22(21-6-3-9-26-15-21)13-23-17-27(10-11-29-25(23)24)16-18-7-8-19-4-1-2-5-20(19)12-18/h1-9,12-15,28H,10-11,16-17H2. The van der Waals surface area contributed by atoms with Crippen molar-refractivity contribution in [3.63, 3.8) is 0 Å². The minimum absolute atomic E-state index is 0.189. The molecule has 0 radical (unpaired) electrons. The van der Waals surface area contributed by atoms with Crippen molar-refractivity contribution in [3.05, 3.63) is 90.3 Å². The third-order valence-electron chi connectivity index (χ3n) is 5.41. The van der Waals surface area contributed by atoms with E-state index >= 15 is 0 Å². The molecule has 4 heteroatoms. The summed E-state index contributed by atoms with van der Waals surface area (Å²) in [6, 6.07) is 22.8. The first kappa shape index (κ1) is 17.7. The van der Waals surface area contributed by atoms with E-state index in [1.165, 1.54) is 16.3 Å². The molecule has 0 aliphatic carbocycles. The summed E-state index contributed by atoms with van der Waals surface area (Å²) >= 11 is 0. The van der Waals surface area contributed by atoms with Gasteiger partial charge in [0.1, 0.15) is 6.61 Å². The van der Waals surface area contributed by atoms with Crippen LogP contribution in [-0.2, 0) is 13.1 Å². The van der Waals surface area contributed by atoms with E-state index in [-0.39, 0.29) is 5.75 Å². The van der Waals surface area contributed by atoms with Gasteiger partial charge in [0.05, 0.1) is 0 Å². The van der Waals surface area contributed by atoms with Crippen LogP contribution in [0.3, 0.4) is 0 Å². The number of phenolic OH excluding ortho intramolecular Hbond substituents is 1. The number of benzene rings is 3. The average Bonchev–Trinajstić information content (AvgIpc) is 2.96. The molecule has 0 bridgehead atoms. The van der Waals surface area contributed by atoms with E-state index in [1.807, 2.05) is 18.3 Å². The van der Waals surface area contributed by atoms with Crippen molar-refractivity contribution in [2.45, 2.75) is 13.1 Å². The summed E-state index contributed by atoms with van der Waals surface area (Å²) in [6.45, 7) is 2.93. The summed E-state index contributed by atoms with van der Waals surface area (Å²) < 4.78 is 5.90. The number of hydrogen-bond donors (Lipinski definition) is 1. The molecular formula is C25H22N2O2. The Morgan fingerprint density at radius 3 is 2.69 bits per heavy atom. The minimum Gasteiger partial charge on any atom is -0.504 e. The SMILES string of the molecule is Oc1cc(-c2cccnc2)cc2c1OCCN(Cc1ccc3ccccc3c1)C2. The highest BCUT2D eigenvalue weighted by Crippen LogP contribution is 2.37. The van der Waals surface area contributed by atoms with E-state index in [0.717, 1.165) is 36.3 Å². The van der Waals surface area contributed by atoms with Gasteiger partial charge in [0.25, 0.3) is 0 Å². The first-order chi connectivity index (χ1) is 14.3. The summed E-state index contributed by atoms with van der Waals surface area (Å²) in [5.74, 6) is 0.785. The minimum atomic E-state index is 0.189. The van der Waals surface area contributed by atoms with Crippen molar-refractivity contribution in [1.82, 2.24) is 9.88 Å². The largest absolute Gasteiger partial charge is 0.504 e. The Bertz CT molecular complexity index is 1160. The Morgan fingerprint density at radius 2 is 1.83 bits per heavy atom. The maximum Gasteiger partial charge on any atom is 0.165 e. The van der Waals surface area contributed by atoms with Gasteiger partial charge >= 0.3 is 0 Å². The van der Waals surface area contributed by atoms with Gasteiger partial charge in [0, 0.05) is 43.2 Å². The molecule has 0 atom stereocenters. The number of phenols is 1. The molecule has 1 N–H and O–H groups in total. The summed E-state index contributed by atoms with van der Waals surface area (Å²) in [6.07, 6.45) is 3.56. The molecule has 5 rings (SSSR count). The second kappa shape index (κ2) is 7.57. The number of aromatic nitrogens is 1. The number of rotatable bonds is 3. The molecule has 0 amide bonds. The smallest absolute Gasteiger partial charge is 0.165 e. The van der Waals surface area contributed by atoms with Crippen LogP contribution >= 0.6 is 0 Å². The van der Waals surface area contributed by atoms with Crippen molar-refractivity contribution in [2.75, 3.05) is 13.2 Å². The number of nitrogens with zero attached hydrogens (tertiary/aromatic N) is 2. The highest BCUT2D eigenvalue weighted by atomic mass is 16.5. The van der Waals surface area contributed by atoms with Gasteiger partial charge in [0.2, 0.25) is 0 Å². The maximum absolute atomic E-state index is 10.6. The molecule has 2 heterocycles. The summed E-state index contributed by atoms with van der Waals surface area (Å²) in [4.78, 5) is 6.56. The Balaban J connectivity index is 1.44. The first-order valence-electron chi connectivity index (χ1n) is 9.85. The third kappa shape index (κ3) is 3.67. The molecule has 0 saturated carbocycles. The van der Waals surface area contributed by atoms with Crippen LogP contribution in [0.4, 0.5) is 0 Å². The molecule has 29 heavy (non-hydrogen) atoms. The second-order valence-corrected chi connectivity index (χ2v) is 7.47. The monoisotopic (exact) mass is 382 g/mol. The molecule has 1 aliphatic rings. The van der Waals surface area contributed by atoms with Gasteiger partial charge < -0.3 is 9.84 Å². The highest BCUT2D eigenvalue weighted by Gasteiger charge is 2.20. The topological polar surface area (TPSA) is 45.6 Å². The van der Waals surface area contributed by atoms with Crippen molar-refractivity contribution in [2.24, 2.45) is 0 Å². The quantitative estimate of drug-likeness (QED) is 0.541. The van der Waals surface area contributed by atoms with Gasteiger partial charge in [-0.15, -0.1) is 0 Å². The number of ether oxygens (including phenoxy) is 1. The lowest BCUT2D eigenvalue weighted by molar-refractivity contribution is 0.217. The summed E-state index contributed by atoms with van der Waals surface area (Å²) in [5, 5.41) is 13.1. The fourth-order valence-electron chi connectivity index (χ4n) is 3.98. The fourth-order valence-corrected chi connectivity index (χ4v) is 3.98. The molecule has 0 saturated heterocycles. The van der Waals surface area contributed by atoms with Gasteiger partial charge in [0.15, 0.2) is 11.5 Å². The number of aromatic hydroxyl groups is 1. The van der Waals surface area contributed by atoms with Gasteiger partial charge in [-0.2, -0.15) is 0 Å². The van der Waals surface area contributed by atoms with Crippen LogP contribution in [-0.4, -0.2) is 28.1 Å². The fraction of sp³-hybridized carbons (Fsp3) is 0.160. The lowest BCUT2D eigenvalue weighted by Gasteiger charge is -2.20. The summed E-state index contributed by atoms with van der Waals surface area (Å²) in [7, 11) is 0. The van der Waals surface area contributed by atoms with Crippen LogP contribution < -0.4 is 4.74 Å². The van der Waals surface area contributed by atoms with Gasteiger partial charge in [-0.25, -0.2) is 0 Å². The van der Waals surface area contributed by atoms with Crippen molar-refractivity contribution < 1.29 is 9.84 Å². The number of fused-ring (bicyclic) bond motifs is 2. The predicted octanol–water partition coefficient (Wildman–Crippen LogP) is 5.00. The summed E-state index contributed by atoms with van der Waals surface area (Å²) in [5.41, 5.74) is 4.21. The Hall–Kier alpha value is -3.37. The number of hydrogen-bond acceptors (Lipinski definition) is 4. The lowest BCUT2D eigenvalue weighted by atomic mass is 10.0. The molecule has 144 valence electrons. The van der Waals surface area contributed by atoms with E-state index in [9.17, 15) is 5.11 Å². The van der Waals surface area contributed by atoms with Crippen LogP contribution in [0.2, 0.25) is 0 Å².